The van der Waals surface area contributed by atoms with Gasteiger partial charge in [0.05, 0.1) is 137 Å². The standard InChI is InChI=1S/C116H78N12/c1-68-30-42-102-96(45-68)85-20-8-10-22-99(85)123(102)111-65-120-114(61-95(111)82-35-34-79(83(58-82)64-119)52-76-31-41-91-90-39-28-73(6)50-109(90)128(110(91)57-76)116-60-94(81-18-14-16-78(54-81)63-118)113(67-122-116)125-105-46-69(2)26-37-88(105)89-38-27-70(3)47-106(89)125)126-101-24-12-9-21-86(101)97-55-75(33-44-104(97)126)51-74-32-43-103-98(56-74)92-40-29-71(4)48-107(92)124(103)112-66-121-115(59-93(112)80-17-13-15-77(53-80)62-117)127-100-23-11-7-19-84(100)87-36-25-72(5)49-108(87)127/h7-50,53-61,65-67H,51-52H2,1-6H3. The van der Waals surface area contributed by atoms with Crippen molar-refractivity contribution in [3.05, 3.63) is 412 Å². The van der Waals surface area contributed by atoms with Crippen molar-refractivity contribution < 1.29 is 0 Å². The number of pyridine rings is 3. The highest BCUT2D eigenvalue weighted by Gasteiger charge is 2.27. The van der Waals surface area contributed by atoms with Gasteiger partial charge in [0.15, 0.2) is 0 Å². The molecule has 0 aliphatic rings. The molecule has 0 unspecified atom stereocenters. The molecule has 12 nitrogen and oxygen atoms in total. The van der Waals surface area contributed by atoms with Gasteiger partial charge in [-0.2, -0.15) is 15.8 Å². The van der Waals surface area contributed by atoms with Crippen LogP contribution < -0.4 is 0 Å². The summed E-state index contributed by atoms with van der Waals surface area (Å²) in [6.07, 6.45) is 7.22. The Balaban J connectivity index is 0.612. The molecule has 602 valence electrons. The maximum atomic E-state index is 11.6. The van der Waals surface area contributed by atoms with Crippen LogP contribution in [0.4, 0.5) is 0 Å². The van der Waals surface area contributed by atoms with Gasteiger partial charge < -0.3 is 13.7 Å². The minimum absolute atomic E-state index is 0.481. The van der Waals surface area contributed by atoms with Crippen LogP contribution in [-0.4, -0.2) is 42.4 Å². The number of rotatable bonds is 13. The minimum atomic E-state index is 0.481. The van der Waals surface area contributed by atoms with Gasteiger partial charge in [0.25, 0.3) is 0 Å². The third-order valence-corrected chi connectivity index (χ3v) is 26.4. The quantitative estimate of drug-likeness (QED) is 0.113. The van der Waals surface area contributed by atoms with Crippen LogP contribution in [0.15, 0.2) is 340 Å². The van der Waals surface area contributed by atoms with Gasteiger partial charge in [0, 0.05) is 81.3 Å². The first-order valence-electron chi connectivity index (χ1n) is 43.4. The van der Waals surface area contributed by atoms with Crippen molar-refractivity contribution in [3.8, 4) is 86.1 Å². The Morgan fingerprint density at radius 1 is 0.227 bits per heavy atom. The predicted molar refractivity (Wildman–Crippen MR) is 523 cm³/mol. The molecule has 24 rings (SSSR count). The Kier molecular flexibility index (Phi) is 17.0. The molecule has 0 fully saturated rings. The van der Waals surface area contributed by atoms with Crippen molar-refractivity contribution in [2.24, 2.45) is 0 Å². The van der Waals surface area contributed by atoms with Crippen molar-refractivity contribution in [1.82, 2.24) is 42.4 Å². The molecule has 0 amide bonds. The lowest BCUT2D eigenvalue weighted by Gasteiger charge is -2.17. The SMILES string of the molecule is Cc1ccc2c(c1)c1ccccc1n2-c1cnc(-n2c3ccccc3c3cc(Cc4ccc5c(c4)c4ccc(C)cc4n5-c4cnc(-n5c6ccccc6c6ccc(C)cc65)cc4-c4cccc(C#N)c4)ccc32)cc1-c1ccc(Cc2ccc3c4ccc(C)cc4n(-c4cc(-c5cccc(C#N)c5)c(-n5c6cc(C)ccc6c6ccc(C)cc65)cn4)c3c2)c(C#N)c1. The largest absolute Gasteiger partial charge is 0.307 e. The summed E-state index contributed by atoms with van der Waals surface area (Å²) in [5.41, 5.74) is 33.8. The molecule has 9 aromatic heterocycles. The number of hydrogen-bond donors (Lipinski definition) is 0. The number of hydrogen-bond acceptors (Lipinski definition) is 6. The third kappa shape index (κ3) is 11.9. The Labute approximate surface area is 737 Å². The second kappa shape index (κ2) is 29.1. The fraction of sp³-hybridized carbons (Fsp3) is 0.0690. The molecule has 9 heterocycles. The lowest BCUT2D eigenvalue weighted by molar-refractivity contribution is 1.05. The average molecular weight is 1640 g/mol. The Bertz CT molecular complexity index is 9040. The molecule has 0 atom stereocenters. The minimum Gasteiger partial charge on any atom is -0.307 e. The zero-order valence-electron chi connectivity index (χ0n) is 71.1. The first-order chi connectivity index (χ1) is 62.7. The number of aromatic nitrogens is 9. The molecule has 0 radical (unpaired) electrons. The zero-order valence-corrected chi connectivity index (χ0v) is 71.1. The van der Waals surface area contributed by atoms with E-state index in [9.17, 15) is 15.8 Å². The molecular weight excluding hydrogens is 1560 g/mol. The zero-order chi connectivity index (χ0) is 86.0. The van der Waals surface area contributed by atoms with Gasteiger partial charge >= 0.3 is 0 Å². The molecule has 12 heteroatoms. The molecule has 0 spiro atoms. The van der Waals surface area contributed by atoms with Crippen LogP contribution in [0.5, 0.6) is 0 Å². The van der Waals surface area contributed by atoms with Crippen LogP contribution in [0.25, 0.3) is 199 Å². The van der Waals surface area contributed by atoms with E-state index in [-0.39, 0.29) is 0 Å². The maximum absolute atomic E-state index is 11.6. The van der Waals surface area contributed by atoms with Gasteiger partial charge in [-0.1, -0.05) is 188 Å². The highest BCUT2D eigenvalue weighted by Crippen LogP contribution is 2.46. The molecule has 0 bridgehead atoms. The fourth-order valence-corrected chi connectivity index (χ4v) is 20.5. The van der Waals surface area contributed by atoms with Gasteiger partial charge in [0.2, 0.25) is 0 Å². The van der Waals surface area contributed by atoms with Gasteiger partial charge in [-0.15, -0.1) is 0 Å². The Morgan fingerprint density at radius 3 is 1.00 bits per heavy atom. The van der Waals surface area contributed by atoms with Gasteiger partial charge in [-0.25, -0.2) is 15.0 Å². The van der Waals surface area contributed by atoms with E-state index in [4.69, 9.17) is 15.0 Å². The van der Waals surface area contributed by atoms with Crippen LogP contribution in [0.2, 0.25) is 0 Å². The van der Waals surface area contributed by atoms with Crippen LogP contribution in [0, 0.1) is 75.5 Å². The first kappa shape index (κ1) is 74.8. The summed E-state index contributed by atoms with van der Waals surface area (Å²) in [6.45, 7) is 12.8. The van der Waals surface area contributed by atoms with Crippen LogP contribution in [0.3, 0.4) is 0 Å². The molecule has 0 aliphatic carbocycles. The lowest BCUT2D eigenvalue weighted by atomic mass is 9.95. The van der Waals surface area contributed by atoms with Crippen LogP contribution >= 0.6 is 0 Å². The number of nitriles is 3. The number of aryl methyl sites for hydroxylation is 6. The molecule has 0 N–H and O–H groups in total. The third-order valence-electron chi connectivity index (χ3n) is 26.4. The van der Waals surface area contributed by atoms with Crippen molar-refractivity contribution in [3.63, 3.8) is 0 Å². The molecule has 0 saturated heterocycles. The van der Waals surface area contributed by atoms with Crippen molar-refractivity contribution in [2.75, 3.05) is 0 Å². The fourth-order valence-electron chi connectivity index (χ4n) is 20.5. The normalized spacial score (nSPS) is 11.9. The van der Waals surface area contributed by atoms with E-state index >= 15 is 0 Å². The van der Waals surface area contributed by atoms with E-state index < -0.39 is 0 Å². The second-order valence-corrected chi connectivity index (χ2v) is 34.6. The van der Waals surface area contributed by atoms with E-state index in [1.165, 1.54) is 27.6 Å². The summed E-state index contributed by atoms with van der Waals surface area (Å²) < 4.78 is 13.9. The summed E-state index contributed by atoms with van der Waals surface area (Å²) in [6, 6.07) is 123. The molecule has 0 aliphatic heterocycles. The summed E-state index contributed by atoms with van der Waals surface area (Å²) in [7, 11) is 0. The topological polar surface area (TPSA) is 140 Å². The van der Waals surface area contributed by atoms with E-state index in [0.717, 1.165) is 227 Å². The van der Waals surface area contributed by atoms with Gasteiger partial charge in [-0.3, -0.25) is 13.7 Å². The summed E-state index contributed by atoms with van der Waals surface area (Å²) in [5, 5.41) is 46.0. The predicted octanol–water partition coefficient (Wildman–Crippen LogP) is 28.1. The van der Waals surface area contributed by atoms with Crippen molar-refractivity contribution >= 4 is 131 Å². The van der Waals surface area contributed by atoms with Crippen LogP contribution in [-0.2, 0) is 12.8 Å². The molecule has 128 heavy (non-hydrogen) atoms. The first-order valence-corrected chi connectivity index (χ1v) is 43.4. The Hall–Kier alpha value is -17.0. The maximum Gasteiger partial charge on any atom is 0.138 e. The van der Waals surface area contributed by atoms with Crippen LogP contribution in [0.1, 0.15) is 72.3 Å². The smallest absolute Gasteiger partial charge is 0.138 e. The number of benzene rings is 15. The van der Waals surface area contributed by atoms with Crippen molar-refractivity contribution in [2.45, 2.75) is 54.4 Å². The lowest BCUT2D eigenvalue weighted by Crippen LogP contribution is -2.04. The molecule has 15 aromatic carbocycles. The van der Waals surface area contributed by atoms with E-state index in [1.807, 2.05) is 55.0 Å². The number of nitrogens with zero attached hydrogens (tertiary/aromatic N) is 12. The molecule has 0 saturated carbocycles. The van der Waals surface area contributed by atoms with Gasteiger partial charge in [-0.05, 0) is 261 Å². The molecular formula is C116H78N12. The number of para-hydroxylation sites is 3. The summed E-state index contributed by atoms with van der Waals surface area (Å²) in [5.74, 6) is 2.28. The van der Waals surface area contributed by atoms with E-state index in [2.05, 4.69) is 372 Å². The summed E-state index contributed by atoms with van der Waals surface area (Å²) in [4.78, 5) is 16.4. The highest BCUT2D eigenvalue weighted by molar-refractivity contribution is 6.16. The van der Waals surface area contributed by atoms with Crippen molar-refractivity contribution in [1.29, 1.82) is 15.8 Å². The number of fused-ring (bicyclic) bond motifs is 18. The molecule has 24 aromatic rings. The average Bonchev–Trinajstić information content (AvgIpc) is 1.59. The highest BCUT2D eigenvalue weighted by atomic mass is 15.1. The monoisotopic (exact) mass is 1640 g/mol. The van der Waals surface area contributed by atoms with Gasteiger partial charge in [0.1, 0.15) is 17.5 Å². The van der Waals surface area contributed by atoms with E-state index in [1.54, 1.807) is 0 Å². The Morgan fingerprint density at radius 2 is 0.539 bits per heavy atom. The second-order valence-electron chi connectivity index (χ2n) is 34.6. The van der Waals surface area contributed by atoms with E-state index in [0.29, 0.717) is 29.5 Å². The summed E-state index contributed by atoms with van der Waals surface area (Å²) >= 11 is 0.